The lowest BCUT2D eigenvalue weighted by atomic mass is 10.1. The Morgan fingerprint density at radius 3 is 2.61 bits per heavy atom. The van der Waals surface area contributed by atoms with E-state index in [9.17, 15) is 0 Å². The first-order valence-electron chi connectivity index (χ1n) is 6.36. The zero-order valence-corrected chi connectivity index (χ0v) is 10.3. The normalized spacial score (nSPS) is 22.6. The average molecular weight is 250 g/mol. The van der Waals surface area contributed by atoms with Crippen LogP contribution in [0.2, 0.25) is 0 Å². The molecule has 98 valence electrons. The van der Waals surface area contributed by atoms with Gasteiger partial charge in [-0.25, -0.2) is 0 Å². The predicted octanol–water partition coefficient (Wildman–Crippen LogP) is 1.63. The second-order valence-electron chi connectivity index (χ2n) is 4.64. The van der Waals surface area contributed by atoms with Gasteiger partial charge < -0.3 is 25.3 Å². The number of rotatable bonds is 2. The number of ether oxygens (including phenoxy) is 3. The minimum atomic E-state index is 0.323. The van der Waals surface area contributed by atoms with Crippen LogP contribution in [0.15, 0.2) is 12.1 Å². The summed E-state index contributed by atoms with van der Waals surface area (Å²) in [6, 6.07) is 4.06. The standard InChI is InChI=1S/C13H18N2O3/c14-10-6-12-13(18-5-4-17-12)7-11(10)15-9-2-1-3-16-8-9/h6-7,9,15H,1-5,8,14H2. The summed E-state index contributed by atoms with van der Waals surface area (Å²) < 4.78 is 16.5. The molecule has 1 fully saturated rings. The van der Waals surface area contributed by atoms with Crippen molar-refractivity contribution in [3.63, 3.8) is 0 Å². The van der Waals surface area contributed by atoms with Crippen molar-refractivity contribution >= 4 is 11.4 Å². The lowest BCUT2D eigenvalue weighted by Gasteiger charge is -2.26. The quantitative estimate of drug-likeness (QED) is 0.781. The molecular weight excluding hydrogens is 232 g/mol. The molecule has 0 bridgehead atoms. The van der Waals surface area contributed by atoms with E-state index >= 15 is 0 Å². The van der Waals surface area contributed by atoms with Gasteiger partial charge in [0.2, 0.25) is 0 Å². The van der Waals surface area contributed by atoms with E-state index < -0.39 is 0 Å². The molecule has 0 radical (unpaired) electrons. The van der Waals surface area contributed by atoms with Crippen LogP contribution < -0.4 is 20.5 Å². The van der Waals surface area contributed by atoms with Gasteiger partial charge in [0.05, 0.1) is 18.0 Å². The molecular formula is C13H18N2O3. The van der Waals surface area contributed by atoms with E-state index in [1.54, 1.807) is 0 Å². The highest BCUT2D eigenvalue weighted by Gasteiger charge is 2.18. The third-order valence-electron chi connectivity index (χ3n) is 3.23. The van der Waals surface area contributed by atoms with Gasteiger partial charge in [-0.3, -0.25) is 0 Å². The van der Waals surface area contributed by atoms with Crippen LogP contribution in [-0.4, -0.2) is 32.5 Å². The molecule has 18 heavy (non-hydrogen) atoms. The number of nitrogens with two attached hydrogens (primary N) is 1. The minimum absolute atomic E-state index is 0.323. The average Bonchev–Trinajstić information content (AvgIpc) is 2.41. The summed E-state index contributed by atoms with van der Waals surface area (Å²) in [5.74, 6) is 1.49. The van der Waals surface area contributed by atoms with Crippen LogP contribution >= 0.6 is 0 Å². The van der Waals surface area contributed by atoms with Crippen LogP contribution in [0.3, 0.4) is 0 Å². The van der Waals surface area contributed by atoms with E-state index in [-0.39, 0.29) is 0 Å². The maximum absolute atomic E-state index is 6.02. The van der Waals surface area contributed by atoms with Crippen molar-refractivity contribution < 1.29 is 14.2 Å². The van der Waals surface area contributed by atoms with Crippen molar-refractivity contribution in [3.05, 3.63) is 12.1 Å². The number of hydrogen-bond acceptors (Lipinski definition) is 5. The molecule has 1 aromatic carbocycles. The zero-order chi connectivity index (χ0) is 12.4. The highest BCUT2D eigenvalue weighted by Crippen LogP contribution is 2.37. The van der Waals surface area contributed by atoms with Crippen molar-refractivity contribution in [2.24, 2.45) is 0 Å². The summed E-state index contributed by atoms with van der Waals surface area (Å²) in [6.45, 7) is 2.75. The second-order valence-corrected chi connectivity index (χ2v) is 4.64. The Kier molecular flexibility index (Phi) is 3.15. The van der Waals surface area contributed by atoms with Crippen LogP contribution in [-0.2, 0) is 4.74 Å². The second kappa shape index (κ2) is 4.94. The maximum atomic E-state index is 6.02. The topological polar surface area (TPSA) is 65.7 Å². The molecule has 5 heteroatoms. The Morgan fingerprint density at radius 1 is 1.11 bits per heavy atom. The summed E-state index contributed by atoms with van der Waals surface area (Å²) in [5, 5.41) is 3.41. The summed E-state index contributed by atoms with van der Waals surface area (Å²) >= 11 is 0. The van der Waals surface area contributed by atoms with Gasteiger partial charge in [0.15, 0.2) is 11.5 Å². The summed E-state index contributed by atoms with van der Waals surface area (Å²) in [7, 11) is 0. The van der Waals surface area contributed by atoms with Crippen LogP contribution in [0.1, 0.15) is 12.8 Å². The molecule has 2 heterocycles. The number of hydrogen-bond donors (Lipinski definition) is 2. The molecule has 0 aromatic heterocycles. The third-order valence-corrected chi connectivity index (χ3v) is 3.23. The first-order chi connectivity index (χ1) is 8.83. The summed E-state index contributed by atoms with van der Waals surface area (Å²) in [5.41, 5.74) is 7.61. The molecule has 1 atom stereocenters. The van der Waals surface area contributed by atoms with Gasteiger partial charge in [-0.15, -0.1) is 0 Å². The molecule has 0 spiro atoms. The molecule has 1 saturated heterocycles. The van der Waals surface area contributed by atoms with E-state index in [2.05, 4.69) is 5.32 Å². The van der Waals surface area contributed by atoms with Gasteiger partial charge in [0, 0.05) is 24.8 Å². The van der Waals surface area contributed by atoms with E-state index in [0.29, 0.717) is 24.9 Å². The minimum Gasteiger partial charge on any atom is -0.486 e. The SMILES string of the molecule is Nc1cc2c(cc1NC1CCCOC1)OCCO2. The molecule has 3 N–H and O–H groups in total. The van der Waals surface area contributed by atoms with Crippen LogP contribution in [0.25, 0.3) is 0 Å². The van der Waals surface area contributed by atoms with Crippen molar-refractivity contribution in [1.82, 2.24) is 0 Å². The first-order valence-corrected chi connectivity index (χ1v) is 6.36. The Bertz CT molecular complexity index is 430. The fraction of sp³-hybridized carbons (Fsp3) is 0.538. The predicted molar refractivity (Wildman–Crippen MR) is 69.3 cm³/mol. The van der Waals surface area contributed by atoms with Crippen molar-refractivity contribution in [3.8, 4) is 11.5 Å². The Balaban J connectivity index is 1.78. The molecule has 2 aliphatic rings. The first kappa shape index (κ1) is 11.5. The van der Waals surface area contributed by atoms with Gasteiger partial charge in [0.1, 0.15) is 13.2 Å². The van der Waals surface area contributed by atoms with E-state index in [4.69, 9.17) is 19.9 Å². The summed E-state index contributed by atoms with van der Waals surface area (Å²) in [4.78, 5) is 0. The van der Waals surface area contributed by atoms with Crippen LogP contribution in [0.4, 0.5) is 11.4 Å². The molecule has 3 rings (SSSR count). The van der Waals surface area contributed by atoms with Crippen LogP contribution in [0.5, 0.6) is 11.5 Å². The van der Waals surface area contributed by atoms with E-state index in [0.717, 1.165) is 43.2 Å². The number of benzene rings is 1. The number of nitrogens with one attached hydrogen (secondary N) is 1. The lowest BCUT2D eigenvalue weighted by Crippen LogP contribution is -2.30. The fourth-order valence-electron chi connectivity index (χ4n) is 2.30. The van der Waals surface area contributed by atoms with Crippen molar-refractivity contribution in [2.75, 3.05) is 37.5 Å². The highest BCUT2D eigenvalue weighted by atomic mass is 16.6. The highest BCUT2D eigenvalue weighted by molar-refractivity contribution is 5.72. The lowest BCUT2D eigenvalue weighted by molar-refractivity contribution is 0.0876. The van der Waals surface area contributed by atoms with Gasteiger partial charge in [-0.2, -0.15) is 0 Å². The monoisotopic (exact) mass is 250 g/mol. The molecule has 0 amide bonds. The molecule has 1 aromatic rings. The Morgan fingerprint density at radius 2 is 1.89 bits per heavy atom. The Hall–Kier alpha value is -1.62. The van der Waals surface area contributed by atoms with Crippen LogP contribution in [0, 0.1) is 0 Å². The smallest absolute Gasteiger partial charge is 0.163 e. The van der Waals surface area contributed by atoms with Gasteiger partial charge >= 0.3 is 0 Å². The fourth-order valence-corrected chi connectivity index (χ4v) is 2.30. The van der Waals surface area contributed by atoms with Gasteiger partial charge in [0.25, 0.3) is 0 Å². The number of fused-ring (bicyclic) bond motifs is 1. The van der Waals surface area contributed by atoms with Gasteiger partial charge in [-0.1, -0.05) is 0 Å². The molecule has 0 saturated carbocycles. The largest absolute Gasteiger partial charge is 0.486 e. The van der Waals surface area contributed by atoms with E-state index in [1.807, 2.05) is 12.1 Å². The number of anilines is 2. The molecule has 0 aliphatic carbocycles. The van der Waals surface area contributed by atoms with Crippen molar-refractivity contribution in [1.29, 1.82) is 0 Å². The zero-order valence-electron chi connectivity index (χ0n) is 10.3. The maximum Gasteiger partial charge on any atom is 0.163 e. The molecule has 5 nitrogen and oxygen atoms in total. The van der Waals surface area contributed by atoms with Crippen molar-refractivity contribution in [2.45, 2.75) is 18.9 Å². The number of nitrogen functional groups attached to an aromatic ring is 1. The Labute approximate surface area is 106 Å². The third kappa shape index (κ3) is 2.31. The molecule has 2 aliphatic heterocycles. The van der Waals surface area contributed by atoms with Gasteiger partial charge in [-0.05, 0) is 12.8 Å². The summed E-state index contributed by atoms with van der Waals surface area (Å²) in [6.07, 6.45) is 2.19. The molecule has 1 unspecified atom stereocenters. The van der Waals surface area contributed by atoms with E-state index in [1.165, 1.54) is 0 Å².